The van der Waals surface area contributed by atoms with Crippen LogP contribution in [0, 0.1) is 0 Å². The van der Waals surface area contributed by atoms with Crippen LogP contribution in [-0.4, -0.2) is 16.5 Å². The lowest BCUT2D eigenvalue weighted by Gasteiger charge is -2.16. The fraction of sp³-hybridized carbons (Fsp3) is 0.333. The van der Waals surface area contributed by atoms with E-state index in [-0.39, 0.29) is 6.04 Å². The van der Waals surface area contributed by atoms with E-state index in [0.29, 0.717) is 0 Å². The molecule has 0 radical (unpaired) electrons. The Labute approximate surface area is 99.6 Å². The second-order valence-corrected chi connectivity index (χ2v) is 4.52. The molecule has 0 aliphatic carbocycles. The first kappa shape index (κ1) is 11.2. The number of rotatable bonds is 5. The molecule has 1 unspecified atom stereocenters. The zero-order chi connectivity index (χ0) is 11.2. The normalized spacial score (nSPS) is 12.6. The van der Waals surface area contributed by atoms with E-state index in [2.05, 4.69) is 39.7 Å². The third kappa shape index (κ3) is 2.65. The van der Waals surface area contributed by atoms with Gasteiger partial charge in [0.05, 0.1) is 11.7 Å². The van der Waals surface area contributed by atoms with Gasteiger partial charge in [0.2, 0.25) is 0 Å². The number of thiophene rings is 1. The predicted molar refractivity (Wildman–Crippen MR) is 66.5 cm³/mol. The highest BCUT2D eigenvalue weighted by Crippen LogP contribution is 2.24. The largest absolute Gasteiger partial charge is 0.304 e. The molecule has 1 atom stereocenters. The Hall–Kier alpha value is -1.26. The topological polar surface area (TPSA) is 37.8 Å². The molecule has 4 heteroatoms. The lowest BCUT2D eigenvalue weighted by atomic mass is 10.1. The average Bonchev–Trinajstić information content (AvgIpc) is 2.85. The lowest BCUT2D eigenvalue weighted by molar-refractivity contribution is 0.592. The van der Waals surface area contributed by atoms with E-state index in [4.69, 9.17) is 0 Å². The molecule has 3 nitrogen and oxygen atoms in total. The molecule has 0 saturated carbocycles. The summed E-state index contributed by atoms with van der Waals surface area (Å²) in [6.07, 6.45) is 4.51. The molecule has 0 aliphatic heterocycles. The maximum Gasteiger partial charge on any atom is 0.115 e. The van der Waals surface area contributed by atoms with Crippen molar-refractivity contribution in [3.63, 3.8) is 0 Å². The highest BCUT2D eigenvalue weighted by molar-refractivity contribution is 7.10. The zero-order valence-electron chi connectivity index (χ0n) is 9.26. The first-order valence-corrected chi connectivity index (χ1v) is 6.32. The van der Waals surface area contributed by atoms with Gasteiger partial charge in [-0.25, -0.2) is 9.97 Å². The van der Waals surface area contributed by atoms with Crippen LogP contribution in [0.5, 0.6) is 0 Å². The van der Waals surface area contributed by atoms with Crippen molar-refractivity contribution in [1.29, 1.82) is 0 Å². The molecule has 84 valence electrons. The van der Waals surface area contributed by atoms with Gasteiger partial charge in [0, 0.05) is 11.1 Å². The van der Waals surface area contributed by atoms with Gasteiger partial charge in [0.25, 0.3) is 0 Å². The number of nitrogens with one attached hydrogen (secondary N) is 1. The van der Waals surface area contributed by atoms with E-state index < -0.39 is 0 Å². The van der Waals surface area contributed by atoms with E-state index in [1.165, 1.54) is 4.88 Å². The first-order chi connectivity index (χ1) is 7.92. The monoisotopic (exact) mass is 233 g/mol. The lowest BCUT2D eigenvalue weighted by Crippen LogP contribution is -2.23. The minimum Gasteiger partial charge on any atom is -0.304 e. The van der Waals surface area contributed by atoms with Crippen molar-refractivity contribution in [3.8, 4) is 0 Å². The van der Waals surface area contributed by atoms with Gasteiger partial charge in [-0.15, -0.1) is 11.3 Å². The van der Waals surface area contributed by atoms with Crippen molar-refractivity contribution in [2.24, 2.45) is 0 Å². The fourth-order valence-corrected chi connectivity index (χ4v) is 2.38. The molecule has 1 N–H and O–H groups in total. The van der Waals surface area contributed by atoms with E-state index in [1.54, 1.807) is 23.9 Å². The van der Waals surface area contributed by atoms with Gasteiger partial charge < -0.3 is 5.32 Å². The fourth-order valence-electron chi connectivity index (χ4n) is 1.57. The van der Waals surface area contributed by atoms with Crippen LogP contribution in [-0.2, 0) is 0 Å². The van der Waals surface area contributed by atoms with Crippen LogP contribution in [0.3, 0.4) is 0 Å². The highest BCUT2D eigenvalue weighted by Gasteiger charge is 2.14. The van der Waals surface area contributed by atoms with Gasteiger partial charge in [0.1, 0.15) is 6.33 Å². The summed E-state index contributed by atoms with van der Waals surface area (Å²) in [5.41, 5.74) is 1.03. The predicted octanol–water partition coefficient (Wildman–Crippen LogP) is 2.63. The van der Waals surface area contributed by atoms with E-state index in [1.807, 2.05) is 6.07 Å². The van der Waals surface area contributed by atoms with Crippen LogP contribution in [0.25, 0.3) is 0 Å². The van der Waals surface area contributed by atoms with Crippen molar-refractivity contribution in [3.05, 3.63) is 46.7 Å². The van der Waals surface area contributed by atoms with Gasteiger partial charge in [-0.05, 0) is 30.5 Å². The molecule has 0 saturated heterocycles. The Morgan fingerprint density at radius 3 is 3.00 bits per heavy atom. The van der Waals surface area contributed by atoms with Gasteiger partial charge in [-0.2, -0.15) is 0 Å². The molecule has 0 aromatic carbocycles. The summed E-state index contributed by atoms with van der Waals surface area (Å²) in [7, 11) is 0. The molecule has 0 amide bonds. The van der Waals surface area contributed by atoms with Crippen molar-refractivity contribution in [2.45, 2.75) is 19.4 Å². The second-order valence-electron chi connectivity index (χ2n) is 3.54. The van der Waals surface area contributed by atoms with Gasteiger partial charge >= 0.3 is 0 Å². The number of nitrogens with zero attached hydrogens (tertiary/aromatic N) is 2. The Morgan fingerprint density at radius 1 is 1.44 bits per heavy atom. The van der Waals surface area contributed by atoms with E-state index in [0.717, 1.165) is 18.7 Å². The Bertz CT molecular complexity index is 399. The number of aromatic nitrogens is 2. The van der Waals surface area contributed by atoms with Gasteiger partial charge in [-0.3, -0.25) is 0 Å². The molecular weight excluding hydrogens is 218 g/mol. The average molecular weight is 233 g/mol. The maximum atomic E-state index is 4.32. The minimum absolute atomic E-state index is 0.197. The summed E-state index contributed by atoms with van der Waals surface area (Å²) in [6, 6.07) is 6.37. The summed E-state index contributed by atoms with van der Waals surface area (Å²) >= 11 is 1.75. The first-order valence-electron chi connectivity index (χ1n) is 5.44. The summed E-state index contributed by atoms with van der Waals surface area (Å²) in [4.78, 5) is 9.57. The molecule has 2 aromatic rings. The third-order valence-corrected chi connectivity index (χ3v) is 3.26. The third-order valence-electron chi connectivity index (χ3n) is 2.33. The summed E-state index contributed by atoms with van der Waals surface area (Å²) < 4.78 is 0. The van der Waals surface area contributed by atoms with Crippen LogP contribution in [0.4, 0.5) is 0 Å². The highest BCUT2D eigenvalue weighted by atomic mass is 32.1. The van der Waals surface area contributed by atoms with Crippen molar-refractivity contribution < 1.29 is 0 Å². The van der Waals surface area contributed by atoms with Crippen LogP contribution in [0.2, 0.25) is 0 Å². The Kier molecular flexibility index (Phi) is 4.02. The molecule has 0 aliphatic rings. The smallest absolute Gasteiger partial charge is 0.115 e. The Morgan fingerprint density at radius 2 is 2.38 bits per heavy atom. The zero-order valence-corrected chi connectivity index (χ0v) is 10.1. The van der Waals surface area contributed by atoms with Crippen LogP contribution >= 0.6 is 11.3 Å². The summed E-state index contributed by atoms with van der Waals surface area (Å²) in [5, 5.41) is 5.60. The molecule has 0 bridgehead atoms. The molecular formula is C12H15N3S. The second kappa shape index (κ2) is 5.72. The quantitative estimate of drug-likeness (QED) is 0.862. The standard InChI is InChI=1S/C12H15N3S/c1-2-6-14-12(11-4-3-8-16-11)10-5-7-13-9-15-10/h3-5,7-9,12,14H,2,6H2,1H3. The van der Waals surface area contributed by atoms with E-state index in [9.17, 15) is 0 Å². The molecule has 0 fully saturated rings. The molecule has 0 spiro atoms. The van der Waals surface area contributed by atoms with Gasteiger partial charge in [-0.1, -0.05) is 13.0 Å². The van der Waals surface area contributed by atoms with Crippen molar-refractivity contribution in [2.75, 3.05) is 6.54 Å². The SMILES string of the molecule is CCCNC(c1ccncn1)c1cccs1. The molecule has 16 heavy (non-hydrogen) atoms. The van der Waals surface area contributed by atoms with Gasteiger partial charge in [0.15, 0.2) is 0 Å². The van der Waals surface area contributed by atoms with Crippen molar-refractivity contribution >= 4 is 11.3 Å². The summed E-state index contributed by atoms with van der Waals surface area (Å²) in [6.45, 7) is 3.16. The molecule has 2 rings (SSSR count). The molecule has 2 heterocycles. The number of hydrogen-bond acceptors (Lipinski definition) is 4. The van der Waals surface area contributed by atoms with Crippen LogP contribution < -0.4 is 5.32 Å². The molecule has 2 aromatic heterocycles. The van der Waals surface area contributed by atoms with Crippen molar-refractivity contribution in [1.82, 2.24) is 15.3 Å². The minimum atomic E-state index is 0.197. The van der Waals surface area contributed by atoms with E-state index >= 15 is 0 Å². The summed E-state index contributed by atoms with van der Waals surface area (Å²) in [5.74, 6) is 0. The maximum absolute atomic E-state index is 4.32. The Balaban J connectivity index is 2.21. The van der Waals surface area contributed by atoms with Crippen LogP contribution in [0.1, 0.15) is 30.0 Å². The number of hydrogen-bond donors (Lipinski definition) is 1. The van der Waals surface area contributed by atoms with Crippen LogP contribution in [0.15, 0.2) is 36.1 Å².